The van der Waals surface area contributed by atoms with Crippen molar-refractivity contribution in [2.45, 2.75) is 12.6 Å². The van der Waals surface area contributed by atoms with Crippen LogP contribution in [0.1, 0.15) is 0 Å². The summed E-state index contributed by atoms with van der Waals surface area (Å²) in [5.74, 6) is 0.635. The van der Waals surface area contributed by atoms with Gasteiger partial charge in [-0.2, -0.15) is 0 Å². The molecule has 1 N–H and O–H groups in total. The van der Waals surface area contributed by atoms with Crippen molar-refractivity contribution in [2.75, 3.05) is 6.61 Å². The lowest BCUT2D eigenvalue weighted by Crippen LogP contribution is -2.38. The Kier molecular flexibility index (Phi) is 4.78. The van der Waals surface area contributed by atoms with Gasteiger partial charge >= 0.3 is 5.69 Å². The molecule has 1 atom stereocenters. The van der Waals surface area contributed by atoms with Crippen molar-refractivity contribution in [2.24, 2.45) is 14.1 Å². The summed E-state index contributed by atoms with van der Waals surface area (Å²) in [5, 5.41) is 10.2. The molecule has 3 aromatic rings. The molecule has 9 heteroatoms. The van der Waals surface area contributed by atoms with Gasteiger partial charge in [0, 0.05) is 18.6 Å². The monoisotopic (exact) mass is 408 g/mol. The molecular weight excluding hydrogens is 392 g/mol. The lowest BCUT2D eigenvalue weighted by Gasteiger charge is -2.14. The highest BCUT2D eigenvalue weighted by Gasteiger charge is 2.16. The number of nitrogens with zero attached hydrogens (tertiary/aromatic N) is 4. The van der Waals surface area contributed by atoms with Crippen molar-refractivity contribution in [1.29, 1.82) is 0 Å². The van der Waals surface area contributed by atoms with Crippen LogP contribution in [0.4, 0.5) is 0 Å². The minimum Gasteiger partial charge on any atom is -0.491 e. The van der Waals surface area contributed by atoms with Gasteiger partial charge < -0.3 is 14.4 Å². The first-order valence-electron chi connectivity index (χ1n) is 7.55. The van der Waals surface area contributed by atoms with Crippen molar-refractivity contribution < 1.29 is 9.84 Å². The topological polar surface area (TPSA) is 91.3 Å². The van der Waals surface area contributed by atoms with Gasteiger partial charge in [0.2, 0.25) is 0 Å². The standard InChI is InChI=1S/C16H17BrN4O4/c1-19-14-13(15(23)20(2)16(19)24)21(9-18-14)7-11(22)8-25-12-5-3-10(17)4-6-12/h3-6,9,11,22H,7-8H2,1-2H3/t11-/m1/s1. The van der Waals surface area contributed by atoms with Crippen LogP contribution in [-0.4, -0.2) is 36.5 Å². The highest BCUT2D eigenvalue weighted by atomic mass is 79.9. The van der Waals surface area contributed by atoms with Gasteiger partial charge in [0.1, 0.15) is 18.5 Å². The minimum absolute atomic E-state index is 0.0629. The first-order valence-corrected chi connectivity index (χ1v) is 8.35. The number of benzene rings is 1. The number of hydrogen-bond acceptors (Lipinski definition) is 5. The Labute approximate surface area is 151 Å². The van der Waals surface area contributed by atoms with Crippen molar-refractivity contribution in [3.05, 3.63) is 55.9 Å². The summed E-state index contributed by atoms with van der Waals surface area (Å²) in [5.41, 5.74) is -0.333. The summed E-state index contributed by atoms with van der Waals surface area (Å²) in [4.78, 5) is 28.4. The lowest BCUT2D eigenvalue weighted by atomic mass is 10.3. The number of ether oxygens (including phenoxy) is 1. The van der Waals surface area contributed by atoms with Crippen molar-refractivity contribution in [1.82, 2.24) is 18.7 Å². The summed E-state index contributed by atoms with van der Waals surface area (Å²) in [6.45, 7) is 0.188. The number of aryl methyl sites for hydroxylation is 1. The van der Waals surface area contributed by atoms with Crippen LogP contribution in [0.5, 0.6) is 5.75 Å². The molecule has 8 nitrogen and oxygen atoms in total. The molecule has 2 heterocycles. The normalized spacial score (nSPS) is 12.5. The first kappa shape index (κ1) is 17.4. The van der Waals surface area contributed by atoms with Crippen molar-refractivity contribution in [3.63, 3.8) is 0 Å². The zero-order chi connectivity index (χ0) is 18.1. The maximum atomic E-state index is 12.3. The molecule has 25 heavy (non-hydrogen) atoms. The summed E-state index contributed by atoms with van der Waals surface area (Å²) >= 11 is 3.34. The molecule has 132 valence electrons. The molecular formula is C16H17BrN4O4. The van der Waals surface area contributed by atoms with Crippen LogP contribution >= 0.6 is 15.9 Å². The maximum absolute atomic E-state index is 12.3. The van der Waals surface area contributed by atoms with E-state index in [1.165, 1.54) is 22.5 Å². The number of aliphatic hydroxyl groups excluding tert-OH is 1. The lowest BCUT2D eigenvalue weighted by molar-refractivity contribution is 0.0933. The van der Waals surface area contributed by atoms with Crippen LogP contribution in [0.2, 0.25) is 0 Å². The van der Waals surface area contributed by atoms with Gasteiger partial charge in [0.15, 0.2) is 11.2 Å². The Morgan fingerprint density at radius 1 is 1.20 bits per heavy atom. The van der Waals surface area contributed by atoms with E-state index in [4.69, 9.17) is 4.74 Å². The van der Waals surface area contributed by atoms with Crippen LogP contribution in [-0.2, 0) is 20.6 Å². The minimum atomic E-state index is -0.844. The number of fused-ring (bicyclic) bond motifs is 1. The second-order valence-corrected chi connectivity index (χ2v) is 6.61. The largest absolute Gasteiger partial charge is 0.491 e. The van der Waals surface area contributed by atoms with Crippen LogP contribution in [0.3, 0.4) is 0 Å². The number of aromatic nitrogens is 4. The Morgan fingerprint density at radius 3 is 2.56 bits per heavy atom. The van der Waals surface area contributed by atoms with Gasteiger partial charge in [0.25, 0.3) is 5.56 Å². The Balaban J connectivity index is 1.80. The van der Waals surface area contributed by atoms with Crippen LogP contribution in [0.15, 0.2) is 44.7 Å². The van der Waals surface area contributed by atoms with E-state index >= 15 is 0 Å². The van der Waals surface area contributed by atoms with E-state index in [9.17, 15) is 14.7 Å². The maximum Gasteiger partial charge on any atom is 0.332 e. The second kappa shape index (κ2) is 6.85. The quantitative estimate of drug-likeness (QED) is 0.668. The molecule has 0 saturated carbocycles. The van der Waals surface area contributed by atoms with Crippen LogP contribution in [0.25, 0.3) is 11.2 Å². The van der Waals surface area contributed by atoms with Gasteiger partial charge in [-0.15, -0.1) is 0 Å². The van der Waals surface area contributed by atoms with E-state index in [1.807, 2.05) is 12.1 Å². The fourth-order valence-electron chi connectivity index (χ4n) is 2.54. The highest BCUT2D eigenvalue weighted by Crippen LogP contribution is 2.16. The van der Waals surface area contributed by atoms with Gasteiger partial charge in [-0.3, -0.25) is 13.9 Å². The number of imidazole rings is 1. The average Bonchev–Trinajstić information content (AvgIpc) is 3.01. The van der Waals surface area contributed by atoms with Crippen molar-refractivity contribution in [3.8, 4) is 5.75 Å². The molecule has 0 aliphatic rings. The Morgan fingerprint density at radius 2 is 1.88 bits per heavy atom. The SMILES string of the molecule is Cn1c(=O)c2c(ncn2C[C@@H](O)COc2ccc(Br)cc2)n(C)c1=O. The van der Waals surface area contributed by atoms with Gasteiger partial charge in [0.05, 0.1) is 12.9 Å². The smallest absolute Gasteiger partial charge is 0.332 e. The fourth-order valence-corrected chi connectivity index (χ4v) is 2.80. The Hall–Kier alpha value is -2.39. The van der Waals surface area contributed by atoms with E-state index in [0.717, 1.165) is 9.04 Å². The third-order valence-electron chi connectivity index (χ3n) is 3.88. The molecule has 0 aliphatic heterocycles. The van der Waals surface area contributed by atoms with E-state index in [-0.39, 0.29) is 24.3 Å². The zero-order valence-electron chi connectivity index (χ0n) is 13.7. The molecule has 0 spiro atoms. The summed E-state index contributed by atoms with van der Waals surface area (Å²) in [7, 11) is 2.96. The number of rotatable bonds is 5. The van der Waals surface area contributed by atoms with Crippen molar-refractivity contribution >= 4 is 27.1 Å². The Bertz CT molecular complexity index is 1020. The highest BCUT2D eigenvalue weighted by molar-refractivity contribution is 9.10. The molecule has 0 unspecified atom stereocenters. The van der Waals surface area contributed by atoms with Gasteiger partial charge in [-0.25, -0.2) is 9.78 Å². The molecule has 0 radical (unpaired) electrons. The van der Waals surface area contributed by atoms with Gasteiger partial charge in [-0.05, 0) is 24.3 Å². The number of aliphatic hydroxyl groups is 1. The van der Waals surface area contributed by atoms with E-state index < -0.39 is 17.4 Å². The molecule has 3 rings (SSSR count). The third kappa shape index (κ3) is 3.38. The predicted molar refractivity (Wildman–Crippen MR) is 95.9 cm³/mol. The molecule has 0 bridgehead atoms. The summed E-state index contributed by atoms with van der Waals surface area (Å²) in [6.07, 6.45) is 0.594. The van der Waals surface area contributed by atoms with Crippen LogP contribution < -0.4 is 16.0 Å². The number of hydrogen-bond donors (Lipinski definition) is 1. The van der Waals surface area contributed by atoms with Crippen LogP contribution in [0, 0.1) is 0 Å². The van der Waals surface area contributed by atoms with E-state index in [0.29, 0.717) is 5.75 Å². The molecule has 0 saturated heterocycles. The predicted octanol–water partition coefficient (Wildman–Crippen LogP) is 0.636. The third-order valence-corrected chi connectivity index (χ3v) is 4.41. The zero-order valence-corrected chi connectivity index (χ0v) is 15.3. The molecule has 0 amide bonds. The molecule has 0 aliphatic carbocycles. The molecule has 0 fully saturated rings. The number of halogens is 1. The first-order chi connectivity index (χ1) is 11.9. The fraction of sp³-hybridized carbons (Fsp3) is 0.312. The average molecular weight is 409 g/mol. The summed E-state index contributed by atoms with van der Waals surface area (Å²) < 4.78 is 10.3. The van der Waals surface area contributed by atoms with E-state index in [1.54, 1.807) is 19.2 Å². The van der Waals surface area contributed by atoms with E-state index in [2.05, 4.69) is 20.9 Å². The molecule has 1 aromatic carbocycles. The van der Waals surface area contributed by atoms with Gasteiger partial charge in [-0.1, -0.05) is 15.9 Å². The summed E-state index contributed by atoms with van der Waals surface area (Å²) in [6, 6.07) is 7.26. The molecule has 2 aromatic heterocycles. The second-order valence-electron chi connectivity index (χ2n) is 5.69.